The summed E-state index contributed by atoms with van der Waals surface area (Å²) in [6, 6.07) is 13.7. The van der Waals surface area contributed by atoms with Gasteiger partial charge in [0.05, 0.1) is 16.4 Å². The summed E-state index contributed by atoms with van der Waals surface area (Å²) in [7, 11) is 0. The van der Waals surface area contributed by atoms with Gasteiger partial charge in [-0.1, -0.05) is 35.9 Å². The molecule has 0 aliphatic rings. The second kappa shape index (κ2) is 7.43. The van der Waals surface area contributed by atoms with Gasteiger partial charge in [0.2, 0.25) is 0 Å². The summed E-state index contributed by atoms with van der Waals surface area (Å²) in [6.45, 7) is 0.754. The number of hydrogen-bond donors (Lipinski definition) is 1. The Morgan fingerprint density at radius 1 is 1.12 bits per heavy atom. The molecular formula is C19H15BrClN5. The van der Waals surface area contributed by atoms with Crippen LogP contribution in [0.1, 0.15) is 5.56 Å². The average molecular weight is 429 g/mol. The molecule has 1 N–H and O–H groups in total. The Bertz CT molecular complexity index is 1050. The van der Waals surface area contributed by atoms with Crippen LogP contribution < -0.4 is 5.32 Å². The van der Waals surface area contributed by atoms with E-state index in [0.29, 0.717) is 5.02 Å². The molecule has 0 fully saturated rings. The van der Waals surface area contributed by atoms with E-state index < -0.39 is 0 Å². The first-order valence-corrected chi connectivity index (χ1v) is 9.31. The van der Waals surface area contributed by atoms with Crippen molar-refractivity contribution in [2.45, 2.75) is 6.42 Å². The van der Waals surface area contributed by atoms with Crippen molar-refractivity contribution in [3.8, 4) is 11.3 Å². The van der Waals surface area contributed by atoms with E-state index in [-0.39, 0.29) is 0 Å². The monoisotopic (exact) mass is 427 g/mol. The number of fused-ring (bicyclic) bond motifs is 1. The van der Waals surface area contributed by atoms with Crippen molar-refractivity contribution in [1.82, 2.24) is 19.6 Å². The molecule has 7 heteroatoms. The van der Waals surface area contributed by atoms with Crippen LogP contribution in [-0.2, 0) is 6.42 Å². The van der Waals surface area contributed by atoms with E-state index in [0.717, 1.165) is 40.2 Å². The SMILES string of the molecule is Clc1ccccc1-c1cc(NCCc2cccnc2)n2ncc(Br)c2n1. The van der Waals surface area contributed by atoms with Gasteiger partial charge in [-0.2, -0.15) is 9.61 Å². The van der Waals surface area contributed by atoms with Crippen LogP contribution in [0.4, 0.5) is 5.82 Å². The maximum Gasteiger partial charge on any atom is 0.172 e. The molecule has 0 radical (unpaired) electrons. The van der Waals surface area contributed by atoms with Gasteiger partial charge in [-0.15, -0.1) is 0 Å². The Kier molecular flexibility index (Phi) is 4.86. The second-order valence-electron chi connectivity index (χ2n) is 5.77. The first-order chi connectivity index (χ1) is 12.7. The van der Waals surface area contributed by atoms with E-state index in [1.807, 2.05) is 42.6 Å². The van der Waals surface area contributed by atoms with E-state index >= 15 is 0 Å². The van der Waals surface area contributed by atoms with Crippen molar-refractivity contribution in [3.05, 3.63) is 76.1 Å². The Labute approximate surface area is 164 Å². The van der Waals surface area contributed by atoms with Gasteiger partial charge in [0.1, 0.15) is 5.82 Å². The second-order valence-corrected chi connectivity index (χ2v) is 7.03. The summed E-state index contributed by atoms with van der Waals surface area (Å²) in [5.41, 5.74) is 3.61. The molecule has 26 heavy (non-hydrogen) atoms. The Hall–Kier alpha value is -2.44. The molecule has 0 atom stereocenters. The van der Waals surface area contributed by atoms with E-state index in [1.54, 1.807) is 16.9 Å². The zero-order chi connectivity index (χ0) is 17.9. The number of aromatic nitrogens is 4. The highest BCUT2D eigenvalue weighted by molar-refractivity contribution is 9.10. The number of pyridine rings is 1. The molecule has 0 aliphatic heterocycles. The van der Waals surface area contributed by atoms with Crippen molar-refractivity contribution >= 4 is 39.0 Å². The molecule has 0 aliphatic carbocycles. The van der Waals surface area contributed by atoms with Gasteiger partial charge in [-0.3, -0.25) is 4.98 Å². The largest absolute Gasteiger partial charge is 0.370 e. The highest BCUT2D eigenvalue weighted by Crippen LogP contribution is 2.30. The van der Waals surface area contributed by atoms with E-state index in [2.05, 4.69) is 37.4 Å². The molecule has 4 aromatic rings. The van der Waals surface area contributed by atoms with Crippen LogP contribution in [0.5, 0.6) is 0 Å². The summed E-state index contributed by atoms with van der Waals surface area (Å²) in [5, 5.41) is 8.52. The first-order valence-electron chi connectivity index (χ1n) is 8.14. The molecule has 130 valence electrons. The lowest BCUT2D eigenvalue weighted by Gasteiger charge is -2.11. The number of halogens is 2. The van der Waals surface area contributed by atoms with Gasteiger partial charge in [-0.25, -0.2) is 4.98 Å². The quantitative estimate of drug-likeness (QED) is 0.493. The van der Waals surface area contributed by atoms with Crippen molar-refractivity contribution in [3.63, 3.8) is 0 Å². The van der Waals surface area contributed by atoms with Crippen molar-refractivity contribution in [2.75, 3.05) is 11.9 Å². The number of nitrogens with zero attached hydrogens (tertiary/aromatic N) is 4. The average Bonchev–Trinajstić information content (AvgIpc) is 3.04. The van der Waals surface area contributed by atoms with Gasteiger partial charge in [0.15, 0.2) is 5.65 Å². The summed E-state index contributed by atoms with van der Waals surface area (Å²) in [5.74, 6) is 0.861. The minimum atomic E-state index is 0.668. The van der Waals surface area contributed by atoms with Gasteiger partial charge in [0.25, 0.3) is 0 Å². The van der Waals surface area contributed by atoms with Crippen LogP contribution in [0, 0.1) is 0 Å². The number of anilines is 1. The van der Waals surface area contributed by atoms with E-state index in [9.17, 15) is 0 Å². The van der Waals surface area contributed by atoms with Crippen LogP contribution in [0.25, 0.3) is 16.9 Å². The summed E-state index contributed by atoms with van der Waals surface area (Å²) < 4.78 is 2.62. The van der Waals surface area contributed by atoms with Crippen molar-refractivity contribution in [2.24, 2.45) is 0 Å². The fraction of sp³-hybridized carbons (Fsp3) is 0.105. The number of benzene rings is 1. The fourth-order valence-electron chi connectivity index (χ4n) is 2.75. The van der Waals surface area contributed by atoms with E-state index in [4.69, 9.17) is 16.6 Å². The third-order valence-electron chi connectivity index (χ3n) is 4.02. The molecule has 0 spiro atoms. The van der Waals surface area contributed by atoms with Crippen LogP contribution >= 0.6 is 27.5 Å². The molecule has 5 nitrogen and oxygen atoms in total. The fourth-order valence-corrected chi connectivity index (χ4v) is 3.33. The summed E-state index contributed by atoms with van der Waals surface area (Å²) in [4.78, 5) is 8.86. The lowest BCUT2D eigenvalue weighted by Crippen LogP contribution is -2.10. The van der Waals surface area contributed by atoms with Crippen molar-refractivity contribution in [1.29, 1.82) is 0 Å². The van der Waals surface area contributed by atoms with Gasteiger partial charge >= 0.3 is 0 Å². The Balaban J connectivity index is 1.68. The minimum Gasteiger partial charge on any atom is -0.370 e. The number of hydrogen-bond acceptors (Lipinski definition) is 4. The maximum absolute atomic E-state index is 6.36. The molecule has 0 saturated heterocycles. The van der Waals surface area contributed by atoms with Gasteiger partial charge < -0.3 is 5.32 Å². The minimum absolute atomic E-state index is 0.668. The molecule has 0 amide bonds. The normalized spacial score (nSPS) is 11.0. The maximum atomic E-state index is 6.36. The van der Waals surface area contributed by atoms with Crippen LogP contribution in [0.3, 0.4) is 0 Å². The molecule has 3 aromatic heterocycles. The highest BCUT2D eigenvalue weighted by atomic mass is 79.9. The summed E-state index contributed by atoms with van der Waals surface area (Å²) >= 11 is 9.88. The Morgan fingerprint density at radius 3 is 2.81 bits per heavy atom. The third kappa shape index (κ3) is 3.43. The smallest absolute Gasteiger partial charge is 0.172 e. The third-order valence-corrected chi connectivity index (χ3v) is 4.91. The molecule has 4 rings (SSSR count). The highest BCUT2D eigenvalue weighted by Gasteiger charge is 2.13. The van der Waals surface area contributed by atoms with Crippen LogP contribution in [0.2, 0.25) is 5.02 Å². The zero-order valence-corrected chi connectivity index (χ0v) is 16.1. The number of nitrogens with one attached hydrogen (secondary N) is 1. The zero-order valence-electron chi connectivity index (χ0n) is 13.7. The lowest BCUT2D eigenvalue weighted by atomic mass is 10.1. The van der Waals surface area contributed by atoms with Crippen LogP contribution in [0.15, 0.2) is 65.5 Å². The van der Waals surface area contributed by atoms with Gasteiger partial charge in [0, 0.05) is 35.6 Å². The predicted octanol–water partition coefficient (Wildman–Crippen LogP) is 4.86. The van der Waals surface area contributed by atoms with E-state index in [1.165, 1.54) is 5.56 Å². The standard InChI is InChI=1S/C19H15BrClN5/c20-15-12-24-26-18(23-9-7-13-4-3-8-22-11-13)10-17(25-19(15)26)14-5-1-2-6-16(14)21/h1-6,8,10-12,23H,7,9H2. The summed E-state index contributed by atoms with van der Waals surface area (Å²) in [6.07, 6.45) is 6.26. The molecule has 3 heterocycles. The Morgan fingerprint density at radius 2 is 2.00 bits per heavy atom. The van der Waals surface area contributed by atoms with Gasteiger partial charge in [-0.05, 0) is 40.0 Å². The molecular weight excluding hydrogens is 414 g/mol. The van der Waals surface area contributed by atoms with Crippen LogP contribution in [-0.4, -0.2) is 26.1 Å². The topological polar surface area (TPSA) is 55.1 Å². The molecule has 0 bridgehead atoms. The molecule has 1 aromatic carbocycles. The molecule has 0 unspecified atom stereocenters. The lowest BCUT2D eigenvalue weighted by molar-refractivity contribution is 0.912. The first kappa shape index (κ1) is 17.0. The van der Waals surface area contributed by atoms with Crippen molar-refractivity contribution < 1.29 is 0 Å². The predicted molar refractivity (Wildman–Crippen MR) is 108 cm³/mol. The number of rotatable bonds is 5. The molecule has 0 saturated carbocycles.